The third kappa shape index (κ3) is 1.98. The van der Waals surface area contributed by atoms with Crippen molar-refractivity contribution in [2.24, 2.45) is 0 Å². The van der Waals surface area contributed by atoms with Crippen LogP contribution in [0.4, 0.5) is 5.82 Å². The van der Waals surface area contributed by atoms with Crippen LogP contribution in [0.3, 0.4) is 0 Å². The van der Waals surface area contributed by atoms with Gasteiger partial charge in [-0.2, -0.15) is 5.10 Å². The van der Waals surface area contributed by atoms with Crippen molar-refractivity contribution in [2.75, 3.05) is 5.73 Å². The molecule has 0 bridgehead atoms. The van der Waals surface area contributed by atoms with Crippen LogP contribution in [-0.2, 0) is 0 Å². The van der Waals surface area contributed by atoms with Crippen molar-refractivity contribution in [3.63, 3.8) is 0 Å². The molecule has 17 heavy (non-hydrogen) atoms. The lowest BCUT2D eigenvalue weighted by atomic mass is 10.4. The minimum Gasteiger partial charge on any atom is -0.384 e. The van der Waals surface area contributed by atoms with Gasteiger partial charge >= 0.3 is 0 Å². The largest absolute Gasteiger partial charge is 0.384 e. The van der Waals surface area contributed by atoms with Crippen LogP contribution >= 0.6 is 11.6 Å². The van der Waals surface area contributed by atoms with Gasteiger partial charge in [-0.05, 0) is 19.8 Å². The molecule has 1 aliphatic carbocycles. The van der Waals surface area contributed by atoms with Crippen LogP contribution in [0.15, 0.2) is 12.3 Å². The summed E-state index contributed by atoms with van der Waals surface area (Å²) in [4.78, 5) is 8.71. The van der Waals surface area contributed by atoms with Gasteiger partial charge in [0, 0.05) is 12.0 Å². The molecule has 2 N–H and O–H groups in total. The molecule has 6 heteroatoms. The summed E-state index contributed by atoms with van der Waals surface area (Å²) >= 11 is 5.98. The molecule has 0 saturated heterocycles. The van der Waals surface area contributed by atoms with Gasteiger partial charge in [-0.15, -0.1) is 0 Å². The lowest BCUT2D eigenvalue weighted by molar-refractivity contribution is 0.802. The molecule has 0 amide bonds. The van der Waals surface area contributed by atoms with Crippen molar-refractivity contribution in [1.82, 2.24) is 19.7 Å². The molecule has 2 heterocycles. The van der Waals surface area contributed by atoms with E-state index in [0.717, 1.165) is 24.4 Å². The Balaban J connectivity index is 2.07. The Labute approximate surface area is 104 Å². The minimum atomic E-state index is 0.462. The Kier molecular flexibility index (Phi) is 2.29. The highest BCUT2D eigenvalue weighted by atomic mass is 35.5. The van der Waals surface area contributed by atoms with Crippen molar-refractivity contribution >= 4 is 17.4 Å². The highest BCUT2D eigenvalue weighted by Gasteiger charge is 2.27. The molecule has 5 nitrogen and oxygen atoms in total. The van der Waals surface area contributed by atoms with E-state index in [1.54, 1.807) is 16.9 Å². The smallest absolute Gasteiger partial charge is 0.159 e. The molecule has 0 unspecified atom stereocenters. The molecule has 0 atom stereocenters. The fourth-order valence-corrected chi connectivity index (χ4v) is 1.80. The highest BCUT2D eigenvalue weighted by Crippen LogP contribution is 2.38. The molecule has 1 saturated carbocycles. The van der Waals surface area contributed by atoms with Crippen molar-refractivity contribution in [3.05, 3.63) is 28.8 Å². The van der Waals surface area contributed by atoms with Gasteiger partial charge in [0.15, 0.2) is 5.82 Å². The number of aryl methyl sites for hydroxylation is 1. The molecular formula is C11H12ClN5. The zero-order valence-corrected chi connectivity index (χ0v) is 10.1. The second-order valence-electron chi connectivity index (χ2n) is 4.29. The van der Waals surface area contributed by atoms with Crippen molar-refractivity contribution < 1.29 is 0 Å². The van der Waals surface area contributed by atoms with Crippen LogP contribution in [0, 0.1) is 6.92 Å². The van der Waals surface area contributed by atoms with Gasteiger partial charge in [0.05, 0.1) is 16.9 Å². The number of aromatic nitrogens is 4. The first kappa shape index (κ1) is 10.5. The number of nitrogens with zero attached hydrogens (tertiary/aromatic N) is 4. The van der Waals surface area contributed by atoms with Crippen LogP contribution in [0.25, 0.3) is 5.82 Å². The van der Waals surface area contributed by atoms with E-state index in [0.29, 0.717) is 22.6 Å². The number of halogens is 1. The summed E-state index contributed by atoms with van der Waals surface area (Å²) in [6, 6.07) is 1.70. The van der Waals surface area contributed by atoms with Crippen molar-refractivity contribution in [3.8, 4) is 5.82 Å². The molecule has 1 aliphatic rings. The van der Waals surface area contributed by atoms with Crippen molar-refractivity contribution in [2.45, 2.75) is 25.7 Å². The summed E-state index contributed by atoms with van der Waals surface area (Å²) in [6.45, 7) is 1.85. The number of hydrogen-bond acceptors (Lipinski definition) is 4. The predicted molar refractivity (Wildman–Crippen MR) is 65.3 cm³/mol. The Bertz CT molecular complexity index is 554. The second-order valence-corrected chi connectivity index (χ2v) is 4.70. The Morgan fingerprint density at radius 2 is 2.18 bits per heavy atom. The van der Waals surface area contributed by atoms with Gasteiger partial charge in [0.25, 0.3) is 0 Å². The fourth-order valence-electron chi connectivity index (χ4n) is 1.67. The Hall–Kier alpha value is -1.62. The molecule has 0 aliphatic heterocycles. The standard InChI is InChI=1S/C11H12ClN5/c1-6-8(12)5-17(16-6)10-4-9(13)14-11(15-10)7-2-3-7/h4-5,7H,2-3H2,1H3,(H2,13,14,15). The number of nitrogens with two attached hydrogens (primary N) is 1. The summed E-state index contributed by atoms with van der Waals surface area (Å²) < 4.78 is 1.64. The van der Waals surface area contributed by atoms with Gasteiger partial charge in [-0.3, -0.25) is 0 Å². The van der Waals surface area contributed by atoms with Gasteiger partial charge in [-0.25, -0.2) is 14.6 Å². The molecule has 1 fully saturated rings. The maximum absolute atomic E-state index is 5.98. The van der Waals surface area contributed by atoms with E-state index in [1.807, 2.05) is 6.92 Å². The van der Waals surface area contributed by atoms with E-state index in [-0.39, 0.29) is 0 Å². The zero-order valence-electron chi connectivity index (χ0n) is 9.39. The van der Waals surface area contributed by atoms with Crippen LogP contribution in [0.2, 0.25) is 5.02 Å². The maximum atomic E-state index is 5.98. The van der Waals surface area contributed by atoms with Crippen LogP contribution in [0.5, 0.6) is 0 Å². The molecular weight excluding hydrogens is 238 g/mol. The molecule has 88 valence electrons. The summed E-state index contributed by atoms with van der Waals surface area (Å²) in [5.41, 5.74) is 6.56. The molecule has 0 radical (unpaired) electrons. The predicted octanol–water partition coefficient (Wildman–Crippen LogP) is 2.08. The van der Waals surface area contributed by atoms with E-state index in [4.69, 9.17) is 17.3 Å². The molecule has 2 aromatic heterocycles. The molecule has 0 aromatic carbocycles. The minimum absolute atomic E-state index is 0.462. The summed E-state index contributed by atoms with van der Waals surface area (Å²) in [5, 5.41) is 4.90. The first-order chi connectivity index (χ1) is 8.13. The van der Waals surface area contributed by atoms with Crippen LogP contribution in [-0.4, -0.2) is 19.7 Å². The van der Waals surface area contributed by atoms with E-state index in [2.05, 4.69) is 15.1 Å². The SMILES string of the molecule is Cc1nn(-c2cc(N)nc(C3CC3)n2)cc1Cl. The van der Waals surface area contributed by atoms with Gasteiger partial charge in [0.1, 0.15) is 11.6 Å². The lowest BCUT2D eigenvalue weighted by Gasteiger charge is -2.04. The lowest BCUT2D eigenvalue weighted by Crippen LogP contribution is -2.05. The third-order valence-electron chi connectivity index (χ3n) is 2.77. The van der Waals surface area contributed by atoms with Gasteiger partial charge in [-0.1, -0.05) is 11.6 Å². The number of rotatable bonds is 2. The Morgan fingerprint density at radius 1 is 1.41 bits per heavy atom. The number of hydrogen-bond donors (Lipinski definition) is 1. The van der Waals surface area contributed by atoms with E-state index < -0.39 is 0 Å². The van der Waals surface area contributed by atoms with Crippen LogP contribution in [0.1, 0.15) is 30.3 Å². The zero-order chi connectivity index (χ0) is 12.0. The second kappa shape index (κ2) is 3.70. The van der Waals surface area contributed by atoms with Gasteiger partial charge < -0.3 is 5.73 Å². The average molecular weight is 250 g/mol. The average Bonchev–Trinajstić information content (AvgIpc) is 3.06. The summed E-state index contributed by atoms with van der Waals surface area (Å²) in [7, 11) is 0. The third-order valence-corrected chi connectivity index (χ3v) is 3.14. The van der Waals surface area contributed by atoms with E-state index in [9.17, 15) is 0 Å². The number of nitrogen functional groups attached to an aromatic ring is 1. The van der Waals surface area contributed by atoms with E-state index in [1.165, 1.54) is 0 Å². The molecule has 3 rings (SSSR count). The summed E-state index contributed by atoms with van der Waals surface area (Å²) in [6.07, 6.45) is 4.01. The first-order valence-electron chi connectivity index (χ1n) is 5.50. The van der Waals surface area contributed by atoms with Crippen LogP contribution < -0.4 is 5.73 Å². The fraction of sp³-hybridized carbons (Fsp3) is 0.364. The highest BCUT2D eigenvalue weighted by molar-refractivity contribution is 6.31. The quantitative estimate of drug-likeness (QED) is 0.885. The maximum Gasteiger partial charge on any atom is 0.159 e. The monoisotopic (exact) mass is 249 g/mol. The van der Waals surface area contributed by atoms with E-state index >= 15 is 0 Å². The topological polar surface area (TPSA) is 69.6 Å². The normalized spacial score (nSPS) is 15.2. The number of anilines is 1. The van der Waals surface area contributed by atoms with Crippen molar-refractivity contribution in [1.29, 1.82) is 0 Å². The summed E-state index contributed by atoms with van der Waals surface area (Å²) in [5.74, 6) is 2.42. The molecule has 0 spiro atoms. The first-order valence-corrected chi connectivity index (χ1v) is 5.88. The van der Waals surface area contributed by atoms with Gasteiger partial charge in [0.2, 0.25) is 0 Å². The molecule has 2 aromatic rings. The Morgan fingerprint density at radius 3 is 2.76 bits per heavy atom.